The van der Waals surface area contributed by atoms with Gasteiger partial charge >= 0.3 is 0 Å². The molecule has 1 aromatic rings. The summed E-state index contributed by atoms with van der Waals surface area (Å²) in [5.41, 5.74) is 7.67. The Balaban J connectivity index is 2.07. The van der Waals surface area contributed by atoms with Gasteiger partial charge in [0.15, 0.2) is 0 Å². The zero-order valence-corrected chi connectivity index (χ0v) is 8.07. The summed E-state index contributed by atoms with van der Waals surface area (Å²) in [4.78, 5) is 2.21. The average molecular weight is 197 g/mol. The number of β-amino-alcohol motifs (C(OH)–C–C–N with tert-alkyl or cyclic N) is 1. The molecule has 1 aliphatic heterocycles. The van der Waals surface area contributed by atoms with E-state index in [9.17, 15) is 0 Å². The third-order valence-electron chi connectivity index (χ3n) is 2.66. The molecule has 0 amide bonds. The SMILES string of the molecule is Nc1onc2c1CCN(CCO)CC2. The van der Waals surface area contributed by atoms with Crippen LogP contribution >= 0.6 is 0 Å². The van der Waals surface area contributed by atoms with Gasteiger partial charge in [-0.15, -0.1) is 0 Å². The van der Waals surface area contributed by atoms with E-state index < -0.39 is 0 Å². The van der Waals surface area contributed by atoms with Crippen molar-refractivity contribution in [3.8, 4) is 0 Å². The van der Waals surface area contributed by atoms with Gasteiger partial charge in [-0.25, -0.2) is 0 Å². The van der Waals surface area contributed by atoms with Crippen molar-refractivity contribution in [1.29, 1.82) is 0 Å². The molecule has 0 radical (unpaired) electrons. The van der Waals surface area contributed by atoms with E-state index in [1.54, 1.807) is 0 Å². The topological polar surface area (TPSA) is 75.5 Å². The van der Waals surface area contributed by atoms with Gasteiger partial charge in [0, 0.05) is 31.6 Å². The molecule has 1 aromatic heterocycles. The molecule has 0 unspecified atom stereocenters. The van der Waals surface area contributed by atoms with Crippen LogP contribution in [0.15, 0.2) is 4.52 Å². The van der Waals surface area contributed by atoms with E-state index in [1.807, 2.05) is 0 Å². The molecule has 1 aliphatic rings. The molecule has 2 rings (SSSR count). The summed E-state index contributed by atoms with van der Waals surface area (Å²) in [6, 6.07) is 0. The van der Waals surface area contributed by atoms with Crippen molar-refractivity contribution in [2.45, 2.75) is 12.8 Å². The highest BCUT2D eigenvalue weighted by atomic mass is 16.5. The van der Waals surface area contributed by atoms with Crippen LogP contribution in [0.4, 0.5) is 5.88 Å². The zero-order chi connectivity index (χ0) is 9.97. The molecular weight excluding hydrogens is 182 g/mol. The Labute approximate surface area is 82.5 Å². The third kappa shape index (κ3) is 1.73. The van der Waals surface area contributed by atoms with E-state index >= 15 is 0 Å². The van der Waals surface area contributed by atoms with E-state index in [1.165, 1.54) is 0 Å². The number of nitrogen functional groups attached to an aromatic ring is 1. The van der Waals surface area contributed by atoms with Gasteiger partial charge in [0.2, 0.25) is 5.88 Å². The van der Waals surface area contributed by atoms with Crippen LogP contribution in [0.1, 0.15) is 11.3 Å². The summed E-state index contributed by atoms with van der Waals surface area (Å²) in [6.45, 7) is 2.76. The molecule has 0 bridgehead atoms. The first-order valence-electron chi connectivity index (χ1n) is 4.87. The summed E-state index contributed by atoms with van der Waals surface area (Å²) >= 11 is 0. The molecule has 78 valence electrons. The van der Waals surface area contributed by atoms with Crippen LogP contribution in [-0.2, 0) is 12.8 Å². The van der Waals surface area contributed by atoms with Crippen LogP contribution in [-0.4, -0.2) is 41.4 Å². The average Bonchev–Trinajstić information content (AvgIpc) is 2.42. The number of rotatable bonds is 2. The minimum absolute atomic E-state index is 0.206. The summed E-state index contributed by atoms with van der Waals surface area (Å²) in [6.07, 6.45) is 1.72. The Kier molecular flexibility index (Phi) is 2.69. The molecule has 3 N–H and O–H groups in total. The Morgan fingerprint density at radius 1 is 1.43 bits per heavy atom. The summed E-state index contributed by atoms with van der Waals surface area (Å²) < 4.78 is 4.93. The zero-order valence-electron chi connectivity index (χ0n) is 8.07. The fraction of sp³-hybridized carbons (Fsp3) is 0.667. The Bertz CT molecular complexity index is 311. The van der Waals surface area contributed by atoms with Crippen LogP contribution in [0.25, 0.3) is 0 Å². The van der Waals surface area contributed by atoms with Gasteiger partial charge in [-0.3, -0.25) is 0 Å². The Hall–Kier alpha value is -1.07. The van der Waals surface area contributed by atoms with Crippen molar-refractivity contribution in [2.75, 3.05) is 32.0 Å². The normalized spacial score (nSPS) is 17.8. The molecule has 0 atom stereocenters. The van der Waals surface area contributed by atoms with Gasteiger partial charge in [-0.05, 0) is 6.42 Å². The maximum atomic E-state index is 8.83. The fourth-order valence-electron chi connectivity index (χ4n) is 1.83. The van der Waals surface area contributed by atoms with Crippen LogP contribution in [0.5, 0.6) is 0 Å². The van der Waals surface area contributed by atoms with Crippen molar-refractivity contribution < 1.29 is 9.63 Å². The Morgan fingerprint density at radius 2 is 2.21 bits per heavy atom. The van der Waals surface area contributed by atoms with Crippen molar-refractivity contribution in [1.82, 2.24) is 10.1 Å². The van der Waals surface area contributed by atoms with Crippen molar-refractivity contribution in [2.24, 2.45) is 0 Å². The number of aliphatic hydroxyl groups is 1. The number of aliphatic hydroxyl groups excluding tert-OH is 1. The second-order valence-corrected chi connectivity index (χ2v) is 3.54. The van der Waals surface area contributed by atoms with Gasteiger partial charge in [-0.1, -0.05) is 5.16 Å². The first-order chi connectivity index (χ1) is 6.81. The van der Waals surface area contributed by atoms with Crippen LogP contribution in [0, 0.1) is 0 Å². The molecular formula is C9H15N3O2. The smallest absolute Gasteiger partial charge is 0.225 e. The van der Waals surface area contributed by atoms with Crippen molar-refractivity contribution in [3.63, 3.8) is 0 Å². The van der Waals surface area contributed by atoms with E-state index in [0.29, 0.717) is 5.88 Å². The van der Waals surface area contributed by atoms with Crippen LogP contribution in [0.2, 0.25) is 0 Å². The lowest BCUT2D eigenvalue weighted by Gasteiger charge is -2.17. The molecule has 0 spiro atoms. The van der Waals surface area contributed by atoms with E-state index in [0.717, 1.165) is 43.7 Å². The number of hydrogen-bond acceptors (Lipinski definition) is 5. The molecule has 0 saturated heterocycles. The van der Waals surface area contributed by atoms with E-state index in [2.05, 4.69) is 10.1 Å². The highest BCUT2D eigenvalue weighted by Gasteiger charge is 2.19. The number of aromatic nitrogens is 1. The van der Waals surface area contributed by atoms with Gasteiger partial charge in [0.25, 0.3) is 0 Å². The molecule has 14 heavy (non-hydrogen) atoms. The lowest BCUT2D eigenvalue weighted by molar-refractivity contribution is 0.200. The number of nitrogens with two attached hydrogens (primary N) is 1. The number of anilines is 1. The second-order valence-electron chi connectivity index (χ2n) is 3.54. The largest absolute Gasteiger partial charge is 0.395 e. The predicted molar refractivity (Wildman–Crippen MR) is 51.8 cm³/mol. The Morgan fingerprint density at radius 3 is 3.00 bits per heavy atom. The summed E-state index contributed by atoms with van der Waals surface area (Å²) in [7, 11) is 0. The van der Waals surface area contributed by atoms with Gasteiger partial charge < -0.3 is 20.3 Å². The first-order valence-corrected chi connectivity index (χ1v) is 4.87. The molecule has 0 saturated carbocycles. The maximum Gasteiger partial charge on any atom is 0.225 e. The third-order valence-corrected chi connectivity index (χ3v) is 2.66. The van der Waals surface area contributed by atoms with Gasteiger partial charge in [0.05, 0.1) is 12.3 Å². The highest BCUT2D eigenvalue weighted by molar-refractivity contribution is 5.39. The second kappa shape index (κ2) is 3.98. The predicted octanol–water partition coefficient (Wildman–Crippen LogP) is -0.350. The molecule has 0 fully saturated rings. The highest BCUT2D eigenvalue weighted by Crippen LogP contribution is 2.20. The molecule has 2 heterocycles. The number of hydrogen-bond donors (Lipinski definition) is 2. The first kappa shape index (κ1) is 9.48. The molecule has 0 aliphatic carbocycles. The minimum Gasteiger partial charge on any atom is -0.395 e. The van der Waals surface area contributed by atoms with Gasteiger partial charge in [0.1, 0.15) is 0 Å². The van der Waals surface area contributed by atoms with Gasteiger partial charge in [-0.2, -0.15) is 0 Å². The quantitative estimate of drug-likeness (QED) is 0.677. The van der Waals surface area contributed by atoms with Crippen LogP contribution < -0.4 is 5.73 Å². The maximum absolute atomic E-state index is 8.83. The lowest BCUT2D eigenvalue weighted by Crippen LogP contribution is -2.29. The minimum atomic E-state index is 0.206. The van der Waals surface area contributed by atoms with Crippen molar-refractivity contribution in [3.05, 3.63) is 11.3 Å². The van der Waals surface area contributed by atoms with Crippen LogP contribution in [0.3, 0.4) is 0 Å². The summed E-state index contributed by atoms with van der Waals surface area (Å²) in [5.74, 6) is 0.450. The van der Waals surface area contributed by atoms with E-state index in [4.69, 9.17) is 15.4 Å². The van der Waals surface area contributed by atoms with Crippen molar-refractivity contribution >= 4 is 5.88 Å². The standard InChI is InChI=1S/C9H15N3O2/c10-9-7-1-3-12(5-6-13)4-2-8(7)11-14-9/h13H,1-6,10H2. The van der Waals surface area contributed by atoms with E-state index in [-0.39, 0.29) is 6.61 Å². The number of nitrogens with zero attached hydrogens (tertiary/aromatic N) is 2. The summed E-state index contributed by atoms with van der Waals surface area (Å²) in [5, 5.41) is 12.8. The number of fused-ring (bicyclic) bond motifs is 1. The molecule has 5 heteroatoms. The monoisotopic (exact) mass is 197 g/mol. The molecule has 0 aromatic carbocycles. The lowest BCUT2D eigenvalue weighted by atomic mass is 10.1. The fourth-order valence-corrected chi connectivity index (χ4v) is 1.83. The molecule has 5 nitrogen and oxygen atoms in total.